The van der Waals surface area contributed by atoms with Gasteiger partial charge in [0.25, 0.3) is 5.91 Å². The van der Waals surface area contributed by atoms with Crippen LogP contribution in [0.15, 0.2) is 54.6 Å². The molecule has 4 rings (SSSR count). The molecule has 0 heterocycles. The van der Waals surface area contributed by atoms with E-state index in [1.54, 1.807) is 11.9 Å². The molecule has 2 aliphatic carbocycles. The molecule has 4 N–H and O–H groups in total. The van der Waals surface area contributed by atoms with Crippen LogP contribution in [0.4, 0.5) is 4.79 Å². The van der Waals surface area contributed by atoms with Gasteiger partial charge in [0.2, 0.25) is 5.91 Å². The van der Waals surface area contributed by atoms with Gasteiger partial charge in [0.1, 0.15) is 0 Å². The Hall–Kier alpha value is -3.10. The number of hydrogen-bond donors (Lipinski definition) is 3. The van der Waals surface area contributed by atoms with Gasteiger partial charge in [0, 0.05) is 36.4 Å². The van der Waals surface area contributed by atoms with E-state index in [1.807, 2.05) is 54.6 Å². The van der Waals surface area contributed by atoms with E-state index in [1.165, 1.54) is 0 Å². The molecular weight excluding hydrogens is 554 g/mol. The van der Waals surface area contributed by atoms with Crippen molar-refractivity contribution in [2.24, 2.45) is 17.6 Å². The molecule has 0 spiro atoms. The normalized spacial score (nSPS) is 18.4. The highest BCUT2D eigenvalue weighted by atomic mass is 35.5. The van der Waals surface area contributed by atoms with Crippen molar-refractivity contribution in [3.05, 3.63) is 70.7 Å². The van der Waals surface area contributed by atoms with E-state index >= 15 is 0 Å². The van der Waals surface area contributed by atoms with Crippen LogP contribution in [0.3, 0.4) is 0 Å². The summed E-state index contributed by atoms with van der Waals surface area (Å²) in [5, 5.41) is 13.6. The van der Waals surface area contributed by atoms with Crippen molar-refractivity contribution >= 4 is 29.5 Å². The second-order valence-corrected chi connectivity index (χ2v) is 12.4. The fourth-order valence-electron chi connectivity index (χ4n) is 6.69. The first kappa shape index (κ1) is 31.8. The molecular formula is C33H44ClN3O5. The molecule has 42 heavy (non-hydrogen) atoms. The molecule has 3 atom stereocenters. The topological polar surface area (TPSA) is 122 Å². The number of amides is 3. The summed E-state index contributed by atoms with van der Waals surface area (Å²) < 4.78 is 5.63. The van der Waals surface area contributed by atoms with Gasteiger partial charge in [-0.3, -0.25) is 9.59 Å². The summed E-state index contributed by atoms with van der Waals surface area (Å²) in [5.74, 6) is -0.667. The SMILES string of the molecule is CN(CCc1ccccc1)C(=O)CC[C@@H](CO)NC(=O)[C@@H](OC(N)=O)C(C1CCCCC1)C1(c2cccc(Cl)c2)CC1. The van der Waals surface area contributed by atoms with Crippen molar-refractivity contribution in [3.8, 4) is 0 Å². The number of halogens is 1. The molecule has 0 aromatic heterocycles. The van der Waals surface area contributed by atoms with Gasteiger partial charge in [-0.15, -0.1) is 0 Å². The standard InChI is InChI=1S/C33H44ClN3O5/c1-37(20-17-23-9-4-2-5-10-23)28(39)16-15-27(22-38)36-31(40)30(42-32(35)41)29(24-11-6-3-7-12-24)33(18-19-33)25-13-8-14-26(34)21-25/h2,4-5,8-10,13-14,21,24,27,29-30,38H,3,6-7,11-12,15-20,22H2,1H3,(H2,35,41)(H,36,40)/t27-,29?,30-/m0/s1. The molecule has 0 radical (unpaired) electrons. The first-order chi connectivity index (χ1) is 20.2. The molecule has 228 valence electrons. The molecule has 8 nitrogen and oxygen atoms in total. The molecule has 3 amide bonds. The van der Waals surface area contributed by atoms with Crippen molar-refractivity contribution in [1.29, 1.82) is 0 Å². The molecule has 2 aromatic rings. The summed E-state index contributed by atoms with van der Waals surface area (Å²) in [4.78, 5) is 40.5. The number of likely N-dealkylation sites (N-methyl/N-ethyl adjacent to an activating group) is 1. The number of benzene rings is 2. The van der Waals surface area contributed by atoms with Crippen LogP contribution in [0.1, 0.15) is 68.9 Å². The van der Waals surface area contributed by atoms with Crippen LogP contribution >= 0.6 is 11.6 Å². The van der Waals surface area contributed by atoms with Crippen molar-refractivity contribution in [1.82, 2.24) is 10.2 Å². The largest absolute Gasteiger partial charge is 0.436 e. The maximum absolute atomic E-state index is 13.9. The fraction of sp³-hybridized carbons (Fsp3) is 0.545. The average Bonchev–Trinajstić information content (AvgIpc) is 3.80. The van der Waals surface area contributed by atoms with Crippen LogP contribution in [-0.4, -0.2) is 60.3 Å². The zero-order chi connectivity index (χ0) is 30.1. The molecule has 2 saturated carbocycles. The molecule has 0 saturated heterocycles. The number of carbonyl (C=O) groups excluding carboxylic acids is 3. The molecule has 2 aliphatic rings. The zero-order valence-corrected chi connectivity index (χ0v) is 25.2. The van der Waals surface area contributed by atoms with E-state index in [9.17, 15) is 19.5 Å². The van der Waals surface area contributed by atoms with Gasteiger partial charge < -0.3 is 25.8 Å². The van der Waals surface area contributed by atoms with Crippen LogP contribution in [0, 0.1) is 11.8 Å². The van der Waals surface area contributed by atoms with Crippen molar-refractivity contribution < 1.29 is 24.2 Å². The molecule has 1 unspecified atom stereocenters. The van der Waals surface area contributed by atoms with Gasteiger partial charge in [-0.25, -0.2) is 4.79 Å². The second-order valence-electron chi connectivity index (χ2n) is 11.9. The third-order valence-corrected chi connectivity index (χ3v) is 9.32. The highest BCUT2D eigenvalue weighted by molar-refractivity contribution is 6.30. The predicted molar refractivity (Wildman–Crippen MR) is 163 cm³/mol. The van der Waals surface area contributed by atoms with E-state index in [0.29, 0.717) is 11.6 Å². The van der Waals surface area contributed by atoms with Gasteiger partial charge in [-0.2, -0.15) is 0 Å². The third kappa shape index (κ3) is 8.26. The van der Waals surface area contributed by atoms with Gasteiger partial charge in [-0.05, 0) is 67.7 Å². The second kappa shape index (κ2) is 14.9. The Morgan fingerprint density at radius 1 is 1.10 bits per heavy atom. The number of ether oxygens (including phenoxy) is 1. The first-order valence-electron chi connectivity index (χ1n) is 15.1. The van der Waals surface area contributed by atoms with Gasteiger partial charge in [0.15, 0.2) is 6.10 Å². The number of hydrogen-bond acceptors (Lipinski definition) is 5. The third-order valence-electron chi connectivity index (χ3n) is 9.09. The highest BCUT2D eigenvalue weighted by Gasteiger charge is 2.58. The van der Waals surface area contributed by atoms with Gasteiger partial charge in [-0.1, -0.05) is 73.3 Å². The number of aliphatic hydroxyl groups excluding tert-OH is 1. The van der Waals surface area contributed by atoms with Crippen molar-refractivity contribution in [3.63, 3.8) is 0 Å². The highest BCUT2D eigenvalue weighted by Crippen LogP contribution is 2.59. The number of nitrogens with one attached hydrogen (secondary N) is 1. The number of carbonyl (C=O) groups is 3. The Labute approximate surface area is 253 Å². The van der Waals surface area contributed by atoms with E-state index in [-0.39, 0.29) is 42.6 Å². The fourth-order valence-corrected chi connectivity index (χ4v) is 6.88. The number of nitrogens with zero attached hydrogens (tertiary/aromatic N) is 1. The van der Waals surface area contributed by atoms with Crippen LogP contribution in [-0.2, 0) is 26.2 Å². The zero-order valence-electron chi connectivity index (χ0n) is 24.5. The summed E-state index contributed by atoms with van der Waals surface area (Å²) in [6.45, 7) is 0.228. The van der Waals surface area contributed by atoms with Crippen LogP contribution in [0.2, 0.25) is 5.02 Å². The van der Waals surface area contributed by atoms with E-state index in [0.717, 1.165) is 62.5 Å². The number of primary amides is 1. The van der Waals surface area contributed by atoms with E-state index in [4.69, 9.17) is 22.1 Å². The lowest BCUT2D eigenvalue weighted by atomic mass is 9.67. The lowest BCUT2D eigenvalue weighted by molar-refractivity contribution is -0.136. The number of nitrogens with two attached hydrogens (primary N) is 1. The summed E-state index contributed by atoms with van der Waals surface area (Å²) in [5.41, 5.74) is 7.37. The molecule has 0 aliphatic heterocycles. The number of aliphatic hydroxyl groups is 1. The monoisotopic (exact) mass is 597 g/mol. The van der Waals surface area contributed by atoms with Crippen molar-refractivity contribution in [2.75, 3.05) is 20.2 Å². The molecule has 2 aromatic carbocycles. The van der Waals surface area contributed by atoms with Crippen LogP contribution in [0.5, 0.6) is 0 Å². The summed E-state index contributed by atoms with van der Waals surface area (Å²) in [6, 6.07) is 17.0. The van der Waals surface area contributed by atoms with Gasteiger partial charge >= 0.3 is 6.09 Å². The minimum atomic E-state index is -1.12. The van der Waals surface area contributed by atoms with Crippen LogP contribution < -0.4 is 11.1 Å². The van der Waals surface area contributed by atoms with Gasteiger partial charge in [0.05, 0.1) is 12.6 Å². The number of rotatable bonds is 14. The smallest absolute Gasteiger partial charge is 0.405 e. The Morgan fingerprint density at radius 2 is 1.81 bits per heavy atom. The molecule has 0 bridgehead atoms. The first-order valence-corrected chi connectivity index (χ1v) is 15.5. The summed E-state index contributed by atoms with van der Waals surface area (Å²) in [7, 11) is 1.76. The quantitative estimate of drug-likeness (QED) is 0.283. The maximum atomic E-state index is 13.9. The Bertz CT molecular complexity index is 1200. The predicted octanol–water partition coefficient (Wildman–Crippen LogP) is 4.99. The molecule has 9 heteroatoms. The van der Waals surface area contributed by atoms with Crippen molar-refractivity contribution in [2.45, 2.75) is 81.8 Å². The Kier molecular flexibility index (Phi) is 11.3. The summed E-state index contributed by atoms with van der Waals surface area (Å²) in [6.07, 6.45) is 5.87. The van der Waals surface area contributed by atoms with E-state index < -0.39 is 24.1 Å². The lowest BCUT2D eigenvalue weighted by Crippen LogP contribution is -2.53. The summed E-state index contributed by atoms with van der Waals surface area (Å²) >= 11 is 6.37. The minimum Gasteiger partial charge on any atom is -0.436 e. The van der Waals surface area contributed by atoms with Crippen LogP contribution in [0.25, 0.3) is 0 Å². The maximum Gasteiger partial charge on any atom is 0.405 e. The van der Waals surface area contributed by atoms with E-state index in [2.05, 4.69) is 5.32 Å². The molecule has 2 fully saturated rings. The lowest BCUT2D eigenvalue weighted by Gasteiger charge is -2.40. The Morgan fingerprint density at radius 3 is 2.43 bits per heavy atom. The average molecular weight is 598 g/mol. The Balaban J connectivity index is 1.46. The minimum absolute atomic E-state index is 0.0680.